The molecule has 24 heavy (non-hydrogen) atoms. The van der Waals surface area contributed by atoms with E-state index >= 15 is 0 Å². The molecule has 0 aliphatic heterocycles. The van der Waals surface area contributed by atoms with Gasteiger partial charge < -0.3 is 9.72 Å². The molecular weight excluding hydrogens is 300 g/mol. The van der Waals surface area contributed by atoms with Gasteiger partial charge in [-0.25, -0.2) is 0 Å². The summed E-state index contributed by atoms with van der Waals surface area (Å²) in [4.78, 5) is 19.3. The van der Waals surface area contributed by atoms with Crippen molar-refractivity contribution in [2.24, 2.45) is 0 Å². The SMILES string of the molecule is Cc1cc2c(cc1OCc1ccccc1)[nH]c(=O)c1ccncc12. The Morgan fingerprint density at radius 3 is 2.71 bits per heavy atom. The number of H-pyrrole nitrogens is 1. The smallest absolute Gasteiger partial charge is 0.256 e. The maximum Gasteiger partial charge on any atom is 0.256 e. The number of aryl methyl sites for hydroxylation is 1. The second-order valence-corrected chi connectivity index (χ2v) is 5.81. The molecular formula is C20H16N2O2. The zero-order valence-electron chi connectivity index (χ0n) is 13.2. The van der Waals surface area contributed by atoms with Crippen LogP contribution in [0.4, 0.5) is 0 Å². The van der Waals surface area contributed by atoms with E-state index in [4.69, 9.17) is 4.74 Å². The fourth-order valence-corrected chi connectivity index (χ4v) is 2.90. The molecule has 0 saturated carbocycles. The zero-order valence-corrected chi connectivity index (χ0v) is 13.2. The lowest BCUT2D eigenvalue weighted by molar-refractivity contribution is 0.304. The molecule has 2 aromatic heterocycles. The summed E-state index contributed by atoms with van der Waals surface area (Å²) in [7, 11) is 0. The average Bonchev–Trinajstić information content (AvgIpc) is 2.62. The number of fused-ring (bicyclic) bond motifs is 3. The van der Waals surface area contributed by atoms with Crippen molar-refractivity contribution in [3.63, 3.8) is 0 Å². The first kappa shape index (κ1) is 14.5. The van der Waals surface area contributed by atoms with Gasteiger partial charge in [0.2, 0.25) is 0 Å². The van der Waals surface area contributed by atoms with Crippen LogP contribution in [0.1, 0.15) is 11.1 Å². The number of nitrogens with one attached hydrogen (secondary N) is 1. The number of aromatic amines is 1. The predicted molar refractivity (Wildman–Crippen MR) is 95.4 cm³/mol. The first-order valence-corrected chi connectivity index (χ1v) is 7.79. The number of hydrogen-bond acceptors (Lipinski definition) is 3. The van der Waals surface area contributed by atoms with E-state index < -0.39 is 0 Å². The van der Waals surface area contributed by atoms with Gasteiger partial charge in [-0.2, -0.15) is 0 Å². The van der Waals surface area contributed by atoms with Crippen molar-refractivity contribution >= 4 is 21.7 Å². The van der Waals surface area contributed by atoms with Gasteiger partial charge in [-0.3, -0.25) is 9.78 Å². The van der Waals surface area contributed by atoms with Gasteiger partial charge in [0.1, 0.15) is 12.4 Å². The first-order chi connectivity index (χ1) is 11.7. The molecule has 118 valence electrons. The second-order valence-electron chi connectivity index (χ2n) is 5.81. The molecule has 2 heterocycles. The molecule has 0 radical (unpaired) electrons. The molecule has 0 fully saturated rings. The van der Waals surface area contributed by atoms with Crippen LogP contribution in [-0.2, 0) is 6.61 Å². The Morgan fingerprint density at radius 2 is 1.88 bits per heavy atom. The van der Waals surface area contributed by atoms with Gasteiger partial charge in [-0.05, 0) is 30.2 Å². The number of ether oxygens (including phenoxy) is 1. The molecule has 0 unspecified atom stereocenters. The van der Waals surface area contributed by atoms with E-state index in [0.717, 1.165) is 33.2 Å². The second kappa shape index (κ2) is 5.81. The fourth-order valence-electron chi connectivity index (χ4n) is 2.90. The number of benzene rings is 2. The van der Waals surface area contributed by atoms with E-state index in [1.165, 1.54) is 0 Å². The van der Waals surface area contributed by atoms with Gasteiger partial charge in [-0.15, -0.1) is 0 Å². The highest BCUT2D eigenvalue weighted by molar-refractivity contribution is 6.05. The average molecular weight is 316 g/mol. The van der Waals surface area contributed by atoms with Gasteiger partial charge in [0.25, 0.3) is 5.56 Å². The van der Waals surface area contributed by atoms with Crippen LogP contribution in [-0.4, -0.2) is 9.97 Å². The quantitative estimate of drug-likeness (QED) is 0.582. The normalized spacial score (nSPS) is 11.0. The van der Waals surface area contributed by atoms with Gasteiger partial charge in [-0.1, -0.05) is 30.3 Å². The summed E-state index contributed by atoms with van der Waals surface area (Å²) in [5.41, 5.74) is 2.77. The van der Waals surface area contributed by atoms with Crippen molar-refractivity contribution in [3.8, 4) is 5.75 Å². The Balaban J connectivity index is 1.79. The van der Waals surface area contributed by atoms with E-state index in [1.807, 2.05) is 49.4 Å². The highest BCUT2D eigenvalue weighted by atomic mass is 16.5. The Hall–Kier alpha value is -3.14. The minimum atomic E-state index is -0.113. The van der Waals surface area contributed by atoms with Crippen molar-refractivity contribution in [1.82, 2.24) is 9.97 Å². The molecule has 0 spiro atoms. The Kier molecular flexibility index (Phi) is 3.50. The van der Waals surface area contributed by atoms with E-state index in [2.05, 4.69) is 9.97 Å². The zero-order chi connectivity index (χ0) is 16.5. The molecule has 2 aromatic carbocycles. The lowest BCUT2D eigenvalue weighted by Gasteiger charge is -2.12. The molecule has 4 heteroatoms. The van der Waals surface area contributed by atoms with Crippen LogP contribution < -0.4 is 10.3 Å². The minimum absolute atomic E-state index is 0.113. The molecule has 0 atom stereocenters. The van der Waals surface area contributed by atoms with Gasteiger partial charge >= 0.3 is 0 Å². The molecule has 4 rings (SSSR count). The third-order valence-electron chi connectivity index (χ3n) is 4.16. The molecule has 0 amide bonds. The number of aromatic nitrogens is 2. The van der Waals surface area contributed by atoms with Crippen LogP contribution in [0.15, 0.2) is 65.7 Å². The Labute approximate surface area is 138 Å². The van der Waals surface area contributed by atoms with Gasteiger partial charge in [0.05, 0.1) is 10.9 Å². The lowest BCUT2D eigenvalue weighted by atomic mass is 10.1. The maximum absolute atomic E-state index is 12.2. The summed E-state index contributed by atoms with van der Waals surface area (Å²) in [6, 6.07) is 15.7. The van der Waals surface area contributed by atoms with Gasteiger partial charge in [0.15, 0.2) is 0 Å². The van der Waals surface area contributed by atoms with E-state index in [-0.39, 0.29) is 5.56 Å². The van der Waals surface area contributed by atoms with Crippen molar-refractivity contribution < 1.29 is 4.74 Å². The Morgan fingerprint density at radius 1 is 1.04 bits per heavy atom. The van der Waals surface area contributed by atoms with E-state index in [0.29, 0.717) is 12.0 Å². The topological polar surface area (TPSA) is 55.0 Å². The number of pyridine rings is 2. The van der Waals surface area contributed by atoms with Crippen LogP contribution in [0.3, 0.4) is 0 Å². The summed E-state index contributed by atoms with van der Waals surface area (Å²) in [5, 5.41) is 2.48. The Bertz CT molecular complexity index is 1090. The summed E-state index contributed by atoms with van der Waals surface area (Å²) >= 11 is 0. The van der Waals surface area contributed by atoms with Crippen LogP contribution in [0.5, 0.6) is 5.75 Å². The maximum atomic E-state index is 12.2. The van der Waals surface area contributed by atoms with Crippen LogP contribution in [0.25, 0.3) is 21.7 Å². The molecule has 0 saturated heterocycles. The van der Waals surface area contributed by atoms with Crippen molar-refractivity contribution in [2.45, 2.75) is 13.5 Å². The summed E-state index contributed by atoms with van der Waals surface area (Å²) in [6.45, 7) is 2.50. The number of rotatable bonds is 3. The standard InChI is InChI=1S/C20H16N2O2/c1-13-9-16-17-11-21-8-7-15(17)20(23)22-18(16)10-19(13)24-12-14-5-3-2-4-6-14/h2-11H,12H2,1H3,(H,22,23). The number of hydrogen-bond donors (Lipinski definition) is 1. The largest absolute Gasteiger partial charge is 0.489 e. The van der Waals surface area contributed by atoms with E-state index in [1.54, 1.807) is 18.5 Å². The van der Waals surface area contributed by atoms with Crippen molar-refractivity contribution in [1.29, 1.82) is 0 Å². The van der Waals surface area contributed by atoms with Crippen molar-refractivity contribution in [3.05, 3.63) is 82.4 Å². The predicted octanol–water partition coefficient (Wildman–Crippen LogP) is 3.96. The van der Waals surface area contributed by atoms with Crippen LogP contribution in [0.2, 0.25) is 0 Å². The highest BCUT2D eigenvalue weighted by Crippen LogP contribution is 2.28. The lowest BCUT2D eigenvalue weighted by Crippen LogP contribution is -2.07. The third-order valence-corrected chi connectivity index (χ3v) is 4.16. The van der Waals surface area contributed by atoms with E-state index in [9.17, 15) is 4.79 Å². The summed E-state index contributed by atoms with van der Waals surface area (Å²) < 4.78 is 5.95. The molecule has 0 bridgehead atoms. The van der Waals surface area contributed by atoms with Gasteiger partial charge in [0, 0.05) is 29.2 Å². The summed E-state index contributed by atoms with van der Waals surface area (Å²) in [5.74, 6) is 0.769. The molecule has 0 aliphatic carbocycles. The van der Waals surface area contributed by atoms with Crippen molar-refractivity contribution in [2.75, 3.05) is 0 Å². The molecule has 4 nitrogen and oxygen atoms in total. The van der Waals surface area contributed by atoms with Crippen LogP contribution in [0, 0.1) is 6.92 Å². The number of nitrogens with zero attached hydrogens (tertiary/aromatic N) is 1. The third kappa shape index (κ3) is 2.52. The molecule has 4 aromatic rings. The molecule has 1 N–H and O–H groups in total. The van der Waals surface area contributed by atoms with Crippen LogP contribution >= 0.6 is 0 Å². The summed E-state index contributed by atoms with van der Waals surface area (Å²) in [6.07, 6.45) is 3.37. The molecule has 0 aliphatic rings. The monoisotopic (exact) mass is 316 g/mol. The highest BCUT2D eigenvalue weighted by Gasteiger charge is 2.09. The minimum Gasteiger partial charge on any atom is -0.489 e. The fraction of sp³-hybridized carbons (Fsp3) is 0.100. The first-order valence-electron chi connectivity index (χ1n) is 7.79.